The van der Waals surface area contributed by atoms with Gasteiger partial charge in [0.25, 0.3) is 0 Å². The third-order valence-electron chi connectivity index (χ3n) is 18.8. The molecule has 4 aliphatic rings. The summed E-state index contributed by atoms with van der Waals surface area (Å²) in [6.07, 6.45) is 14.2. The van der Waals surface area contributed by atoms with E-state index in [0.717, 1.165) is 126 Å². The maximum atomic E-state index is 13.0. The highest BCUT2D eigenvalue weighted by atomic mass is 127. The van der Waals surface area contributed by atoms with Crippen molar-refractivity contribution in [3.63, 3.8) is 0 Å². The van der Waals surface area contributed by atoms with Crippen molar-refractivity contribution in [3.05, 3.63) is 229 Å². The fraction of sp³-hybridized carbons (Fsp3) is 0.266. The molecule has 486 valence electrons. The van der Waals surface area contributed by atoms with Gasteiger partial charge in [0, 0.05) is 118 Å². The molecule has 0 spiro atoms. The van der Waals surface area contributed by atoms with E-state index < -0.39 is 0 Å². The number of carbonyl (C=O) groups excluding carboxylic acids is 1. The van der Waals surface area contributed by atoms with Gasteiger partial charge in [0.2, 0.25) is 0 Å². The number of benzene rings is 4. The number of nitrogens with zero attached hydrogens (tertiary/aromatic N) is 9. The molecule has 8 aromatic heterocycles. The minimum absolute atomic E-state index is 0.0899. The predicted octanol–water partition coefficient (Wildman–Crippen LogP) is 17.9. The Hall–Kier alpha value is -7.92. The molecule has 12 aromatic rings. The fourth-order valence-electron chi connectivity index (χ4n) is 13.5. The van der Waals surface area contributed by atoms with Gasteiger partial charge >= 0.3 is 13.1 Å². The van der Waals surface area contributed by atoms with Gasteiger partial charge in [-0.05, 0) is 225 Å². The smallest absolute Gasteiger partial charge is 0.465 e. The number of hydrogen-bond donors (Lipinski definition) is 0. The number of carbonyl (C=O) groups is 1. The van der Waals surface area contributed by atoms with Crippen LogP contribution in [0.2, 0.25) is 0 Å². The van der Waals surface area contributed by atoms with Crippen LogP contribution in [0.1, 0.15) is 79.4 Å². The summed E-state index contributed by atoms with van der Waals surface area (Å²) in [5.74, 6) is 1.20. The average Bonchev–Trinajstić information content (AvgIpc) is 1.57. The molecule has 16 rings (SSSR count). The van der Waals surface area contributed by atoms with Gasteiger partial charge < -0.3 is 32.6 Å². The Kier molecular flexibility index (Phi) is 20.4. The molecule has 0 radical (unpaired) electrons. The Morgan fingerprint density at radius 3 is 1.56 bits per heavy atom. The second-order valence-corrected chi connectivity index (χ2v) is 29.9. The lowest BCUT2D eigenvalue weighted by molar-refractivity contribution is 0.0343. The first-order chi connectivity index (χ1) is 46.5. The lowest BCUT2D eigenvalue weighted by Crippen LogP contribution is -2.47. The molecule has 0 atom stereocenters. The summed E-state index contributed by atoms with van der Waals surface area (Å²) in [7, 11) is 9.62. The molecule has 96 heavy (non-hydrogen) atoms. The number of hydrogen-bond acceptors (Lipinski definition) is 11. The van der Waals surface area contributed by atoms with Crippen molar-refractivity contribution in [2.45, 2.75) is 59.3 Å². The molecule has 17 heteroatoms. The maximum absolute atomic E-state index is 13.0. The van der Waals surface area contributed by atoms with Crippen LogP contribution in [0.4, 0.5) is 5.69 Å². The van der Waals surface area contributed by atoms with E-state index in [-0.39, 0.29) is 18.5 Å². The molecule has 0 unspecified atom stereocenters. The SMILES string of the molecule is COC(=O)c1sc(-c2ccc(-c3cc4cccnc4n3C)cc2)cc1C1=C(C2CCC(C)CC2)CN(C)CC1.Cn1c(-c2ccc(B3OCC(C)(C)CO3)cc2)cc2cccnc21.Cn1c(-c2ccc(I)cc2)cc2cccnc21.Ic1ccc(C2=Nc3cccnc3C2)cc1. The summed E-state index contributed by atoms with van der Waals surface area (Å²) >= 11 is 6.19. The minimum Gasteiger partial charge on any atom is -0.465 e. The second kappa shape index (κ2) is 29.4. The normalized spacial score (nSPS) is 16.9. The van der Waals surface area contributed by atoms with Crippen LogP contribution >= 0.6 is 56.5 Å². The highest BCUT2D eigenvalue weighted by Gasteiger charge is 2.34. The lowest BCUT2D eigenvalue weighted by atomic mass is 9.75. The quantitative estimate of drug-likeness (QED) is 0.0788. The first kappa shape index (κ1) is 66.7. The number of thiophene rings is 1. The molecule has 0 bridgehead atoms. The summed E-state index contributed by atoms with van der Waals surface area (Å²) in [5.41, 5.74) is 20.7. The van der Waals surface area contributed by atoms with Gasteiger partial charge in [0.15, 0.2) is 0 Å². The van der Waals surface area contributed by atoms with Gasteiger partial charge in [-0.1, -0.05) is 106 Å². The summed E-state index contributed by atoms with van der Waals surface area (Å²) < 4.78 is 25.9. The van der Waals surface area contributed by atoms with Crippen molar-refractivity contribution in [3.8, 4) is 44.2 Å². The second-order valence-electron chi connectivity index (χ2n) is 26.3. The number of fused-ring (bicyclic) bond motifs is 4. The minimum atomic E-state index is -0.263. The molecule has 11 heterocycles. The topological polar surface area (TPSA) is 127 Å². The summed E-state index contributed by atoms with van der Waals surface area (Å²) in [4.78, 5) is 39.6. The standard InChI is InChI=1S/C33H37N3O2S.C19H21BN2O2.C14H11IN2.C13H9IN2/c1-21-7-9-22(10-8-21)28-20-35(2)17-15-26(28)27-19-30(39-31(27)33(37)38-4)24-13-11-23(12-14-24)29-18-25-6-5-16-34-32(25)36(29)3;1-19(2)12-23-20(24-13-19)16-8-6-14(7-9-16)17-11-15-5-4-10-21-18(15)22(17)3;1-17-13(10-4-6-12(15)7-5-10)9-11-3-2-8-16-14(11)17;14-10-5-3-9(4-6-10)12-8-13-11(16-12)2-1-7-15-13/h5-6,11-14,16,18-19,21-22H,7-10,15,17,20H2,1-4H3;4-11H,12-13H2,1-3H3;2-9H,1H3;1-7H,8H2. The number of methoxy groups -OCH3 is 1. The molecular formula is C79H78BI2N9O4S. The van der Waals surface area contributed by atoms with Crippen LogP contribution in [0.15, 0.2) is 205 Å². The van der Waals surface area contributed by atoms with Crippen LogP contribution in [0, 0.1) is 24.4 Å². The first-order valence-corrected chi connectivity index (χ1v) is 35.8. The van der Waals surface area contributed by atoms with Crippen LogP contribution in [-0.4, -0.2) is 97.8 Å². The van der Waals surface area contributed by atoms with Crippen molar-refractivity contribution in [2.24, 2.45) is 43.4 Å². The molecule has 1 saturated carbocycles. The predicted molar refractivity (Wildman–Crippen MR) is 410 cm³/mol. The van der Waals surface area contributed by atoms with Gasteiger partial charge in [0.05, 0.1) is 41.3 Å². The van der Waals surface area contributed by atoms with Crippen molar-refractivity contribution in [1.82, 2.24) is 38.5 Å². The highest BCUT2D eigenvalue weighted by molar-refractivity contribution is 14.1. The van der Waals surface area contributed by atoms with E-state index in [0.29, 0.717) is 19.1 Å². The maximum Gasteiger partial charge on any atom is 0.493 e. The van der Waals surface area contributed by atoms with E-state index in [2.05, 4.69) is 270 Å². The summed E-state index contributed by atoms with van der Waals surface area (Å²) in [6.45, 7) is 10.1. The molecule has 1 saturated heterocycles. The fourth-order valence-corrected chi connectivity index (χ4v) is 15.3. The van der Waals surface area contributed by atoms with Crippen molar-refractivity contribution >= 4 is 125 Å². The number of ether oxygens (including phenoxy) is 1. The van der Waals surface area contributed by atoms with Crippen molar-refractivity contribution in [2.75, 3.05) is 40.5 Å². The van der Waals surface area contributed by atoms with Crippen LogP contribution in [0.25, 0.3) is 82.9 Å². The molecule has 0 N–H and O–H groups in total. The number of pyridine rings is 4. The lowest BCUT2D eigenvalue weighted by Gasteiger charge is -2.35. The highest BCUT2D eigenvalue weighted by Crippen LogP contribution is 2.44. The molecule has 2 fully saturated rings. The number of aryl methyl sites for hydroxylation is 3. The van der Waals surface area contributed by atoms with Gasteiger partial charge in [-0.2, -0.15) is 0 Å². The number of esters is 1. The van der Waals surface area contributed by atoms with E-state index in [1.54, 1.807) is 16.9 Å². The number of aromatic nitrogens is 7. The molecule has 3 aliphatic heterocycles. The zero-order chi connectivity index (χ0) is 66.6. The van der Waals surface area contributed by atoms with Gasteiger partial charge in [0.1, 0.15) is 21.8 Å². The Bertz CT molecular complexity index is 4810. The molecule has 0 amide bonds. The van der Waals surface area contributed by atoms with E-state index in [1.165, 1.54) is 67.7 Å². The molecule has 4 aromatic carbocycles. The molecule has 13 nitrogen and oxygen atoms in total. The Morgan fingerprint density at radius 1 is 0.594 bits per heavy atom. The number of aliphatic imine (C=N–C) groups is 1. The van der Waals surface area contributed by atoms with E-state index in [4.69, 9.17) is 14.0 Å². The van der Waals surface area contributed by atoms with Crippen LogP contribution < -0.4 is 5.46 Å². The molecule has 1 aliphatic carbocycles. The number of halogens is 2. The Labute approximate surface area is 594 Å². The largest absolute Gasteiger partial charge is 0.493 e. The zero-order valence-corrected chi connectivity index (χ0v) is 60.7. The Morgan fingerprint density at radius 2 is 1.06 bits per heavy atom. The van der Waals surface area contributed by atoms with Gasteiger partial charge in [-0.25, -0.2) is 19.7 Å². The van der Waals surface area contributed by atoms with Gasteiger partial charge in [-0.15, -0.1) is 11.3 Å². The van der Waals surface area contributed by atoms with E-state index in [1.807, 2.05) is 62.2 Å². The van der Waals surface area contributed by atoms with E-state index in [9.17, 15) is 4.79 Å². The zero-order valence-electron chi connectivity index (χ0n) is 55.6. The third-order valence-corrected chi connectivity index (χ3v) is 21.4. The monoisotopic (exact) mass is 1510 g/mol. The Balaban J connectivity index is 0.000000124. The van der Waals surface area contributed by atoms with E-state index >= 15 is 0 Å². The van der Waals surface area contributed by atoms with Gasteiger partial charge in [-0.3, -0.25) is 9.98 Å². The van der Waals surface area contributed by atoms with Crippen molar-refractivity contribution < 1.29 is 18.8 Å². The molecular weight excluding hydrogens is 1440 g/mol. The van der Waals surface area contributed by atoms with Crippen LogP contribution in [-0.2, 0) is 41.6 Å². The number of rotatable bonds is 9. The van der Waals surface area contributed by atoms with Crippen molar-refractivity contribution in [1.29, 1.82) is 0 Å². The van der Waals surface area contributed by atoms with Crippen LogP contribution in [0.5, 0.6) is 0 Å². The van der Waals surface area contributed by atoms with Crippen LogP contribution in [0.3, 0.4) is 0 Å². The average molecular weight is 1510 g/mol. The first-order valence-electron chi connectivity index (χ1n) is 32.9. The summed E-state index contributed by atoms with van der Waals surface area (Å²) in [6, 6.07) is 59.0. The third kappa shape index (κ3) is 14.8. The summed E-state index contributed by atoms with van der Waals surface area (Å²) in [5, 5.41) is 3.48. The number of likely N-dealkylation sites (N-methyl/N-ethyl adjacent to an activating group) is 1.